The molecule has 4 aromatic rings. The van der Waals surface area contributed by atoms with Crippen LogP contribution in [-0.2, 0) is 19.3 Å². The lowest BCUT2D eigenvalue weighted by Crippen LogP contribution is -1.97. The number of halogens is 3. The fourth-order valence-corrected chi connectivity index (χ4v) is 4.24. The number of rotatable bonds is 8. The molecule has 0 bridgehead atoms. The van der Waals surface area contributed by atoms with Gasteiger partial charge in [-0.05, 0) is 84.2 Å². The molecule has 3 heteroatoms. The minimum atomic E-state index is -0.881. The summed E-state index contributed by atoms with van der Waals surface area (Å²) >= 11 is 0. The van der Waals surface area contributed by atoms with E-state index in [1.165, 1.54) is 43.4 Å². The molecule has 0 saturated heterocycles. The Labute approximate surface area is 205 Å². The molecule has 0 atom stereocenters. The van der Waals surface area contributed by atoms with Gasteiger partial charge in [0.15, 0.2) is 11.6 Å². The van der Waals surface area contributed by atoms with Crippen LogP contribution in [-0.4, -0.2) is 0 Å². The number of unbranched alkanes of at least 4 members (excludes halogenated alkanes) is 3. The van der Waals surface area contributed by atoms with Gasteiger partial charge in [0.05, 0.1) is 0 Å². The van der Waals surface area contributed by atoms with Crippen molar-refractivity contribution in [2.45, 2.75) is 51.9 Å². The molecule has 0 aliphatic heterocycles. The Hall–Kier alpha value is -3.51. The molecule has 0 aliphatic carbocycles. The third-order valence-electron chi connectivity index (χ3n) is 6.33. The van der Waals surface area contributed by atoms with E-state index in [2.05, 4.69) is 43.0 Å². The molecule has 4 aromatic carbocycles. The Kier molecular flexibility index (Phi) is 8.27. The van der Waals surface area contributed by atoms with E-state index in [0.29, 0.717) is 29.4 Å². The summed E-state index contributed by atoms with van der Waals surface area (Å²) in [6, 6.07) is 21.3. The van der Waals surface area contributed by atoms with Crippen molar-refractivity contribution in [3.63, 3.8) is 0 Å². The van der Waals surface area contributed by atoms with E-state index < -0.39 is 11.6 Å². The van der Waals surface area contributed by atoms with Gasteiger partial charge in [-0.15, -0.1) is 0 Å². The van der Waals surface area contributed by atoms with Crippen molar-refractivity contribution in [2.24, 2.45) is 0 Å². The smallest absolute Gasteiger partial charge is 0.159 e. The van der Waals surface area contributed by atoms with E-state index in [-0.39, 0.29) is 5.82 Å². The first kappa shape index (κ1) is 24.6. The van der Waals surface area contributed by atoms with Crippen LogP contribution in [0.3, 0.4) is 0 Å². The zero-order valence-corrected chi connectivity index (χ0v) is 20.0. The topological polar surface area (TPSA) is 0 Å². The summed E-state index contributed by atoms with van der Waals surface area (Å²) in [4.78, 5) is 0. The van der Waals surface area contributed by atoms with Crippen LogP contribution in [0.5, 0.6) is 0 Å². The zero-order chi connectivity index (χ0) is 24.6. The molecule has 4 rings (SSSR count). The molecule has 0 aliphatic rings. The predicted octanol–water partition coefficient (Wildman–Crippen LogP) is 8.56. The highest BCUT2D eigenvalue weighted by atomic mass is 19.2. The molecule has 0 saturated carbocycles. The van der Waals surface area contributed by atoms with E-state index in [4.69, 9.17) is 0 Å². The highest BCUT2D eigenvalue weighted by Gasteiger charge is 2.09. The Morgan fingerprint density at radius 1 is 0.600 bits per heavy atom. The van der Waals surface area contributed by atoms with Gasteiger partial charge in [-0.25, -0.2) is 13.2 Å². The fraction of sp³-hybridized carbons (Fsp3) is 0.250. The van der Waals surface area contributed by atoms with Crippen molar-refractivity contribution >= 4 is 10.8 Å². The van der Waals surface area contributed by atoms with Crippen molar-refractivity contribution in [3.05, 3.63) is 118 Å². The minimum absolute atomic E-state index is 0.279. The molecule has 178 valence electrons. The van der Waals surface area contributed by atoms with Crippen LogP contribution in [0.4, 0.5) is 13.2 Å². The standard InChI is InChI=1S/C32H29F3/c1-2-3-4-5-6-23-7-9-24(10-8-23)11-12-25-14-19-29-28(21-25)18-17-27(32(29)35)16-13-26-15-20-30(33)31(34)22-26/h7-10,14-15,17-22H,2-6,13,16H2,1H3. The van der Waals surface area contributed by atoms with Gasteiger partial charge in [0, 0.05) is 16.5 Å². The fourth-order valence-electron chi connectivity index (χ4n) is 4.24. The lowest BCUT2D eigenvalue weighted by Gasteiger charge is -2.08. The largest absolute Gasteiger partial charge is 0.206 e. The highest BCUT2D eigenvalue weighted by Crippen LogP contribution is 2.24. The van der Waals surface area contributed by atoms with Crippen molar-refractivity contribution < 1.29 is 13.2 Å². The van der Waals surface area contributed by atoms with Crippen LogP contribution < -0.4 is 0 Å². The summed E-state index contributed by atoms with van der Waals surface area (Å²) in [6.07, 6.45) is 6.97. The number of fused-ring (bicyclic) bond motifs is 1. The first-order valence-corrected chi connectivity index (χ1v) is 12.3. The van der Waals surface area contributed by atoms with Gasteiger partial charge in [0.1, 0.15) is 5.82 Å². The predicted molar refractivity (Wildman–Crippen MR) is 138 cm³/mol. The number of aryl methyl sites for hydroxylation is 3. The zero-order valence-electron chi connectivity index (χ0n) is 20.0. The van der Waals surface area contributed by atoms with Crippen LogP contribution in [0, 0.1) is 29.3 Å². The molecule has 0 fully saturated rings. The number of hydrogen-bond acceptors (Lipinski definition) is 0. The molecule has 0 amide bonds. The molecular weight excluding hydrogens is 441 g/mol. The van der Waals surface area contributed by atoms with Gasteiger partial charge in [0.2, 0.25) is 0 Å². The normalized spacial score (nSPS) is 10.9. The Morgan fingerprint density at radius 2 is 1.34 bits per heavy atom. The minimum Gasteiger partial charge on any atom is -0.206 e. The lowest BCUT2D eigenvalue weighted by atomic mass is 9.99. The average Bonchev–Trinajstić information content (AvgIpc) is 2.87. The molecule has 0 unspecified atom stereocenters. The molecule has 0 spiro atoms. The van der Waals surface area contributed by atoms with Crippen molar-refractivity contribution in [1.29, 1.82) is 0 Å². The van der Waals surface area contributed by atoms with Crippen molar-refractivity contribution in [3.8, 4) is 11.8 Å². The highest BCUT2D eigenvalue weighted by molar-refractivity contribution is 5.85. The van der Waals surface area contributed by atoms with Crippen LogP contribution in [0.1, 0.15) is 60.4 Å². The van der Waals surface area contributed by atoms with Crippen LogP contribution in [0.25, 0.3) is 10.8 Å². The van der Waals surface area contributed by atoms with Gasteiger partial charge in [0.25, 0.3) is 0 Å². The maximum absolute atomic E-state index is 15.1. The molecule has 0 aromatic heterocycles. The SMILES string of the molecule is CCCCCCc1ccc(C#Cc2ccc3c(F)c(CCc4ccc(F)c(F)c4)ccc3c2)cc1. The maximum atomic E-state index is 15.1. The monoisotopic (exact) mass is 470 g/mol. The Bertz CT molecular complexity index is 1360. The van der Waals surface area contributed by atoms with E-state index >= 15 is 4.39 Å². The van der Waals surface area contributed by atoms with Crippen LogP contribution in [0.15, 0.2) is 72.8 Å². The summed E-state index contributed by atoms with van der Waals surface area (Å²) in [5.74, 6) is 4.35. The van der Waals surface area contributed by atoms with Crippen molar-refractivity contribution in [2.75, 3.05) is 0 Å². The first-order valence-electron chi connectivity index (χ1n) is 12.3. The van der Waals surface area contributed by atoms with Gasteiger partial charge in [-0.3, -0.25) is 0 Å². The van der Waals surface area contributed by atoms with Gasteiger partial charge < -0.3 is 0 Å². The van der Waals surface area contributed by atoms with Crippen molar-refractivity contribution in [1.82, 2.24) is 0 Å². The van der Waals surface area contributed by atoms with Gasteiger partial charge in [-0.2, -0.15) is 0 Å². The summed E-state index contributed by atoms with van der Waals surface area (Å²) in [6.45, 7) is 2.22. The number of benzene rings is 4. The second kappa shape index (κ2) is 11.8. The third-order valence-corrected chi connectivity index (χ3v) is 6.33. The average molecular weight is 471 g/mol. The maximum Gasteiger partial charge on any atom is 0.159 e. The van der Waals surface area contributed by atoms with Crippen LogP contribution in [0.2, 0.25) is 0 Å². The Morgan fingerprint density at radius 3 is 2.11 bits per heavy atom. The summed E-state index contributed by atoms with van der Waals surface area (Å²) in [7, 11) is 0. The molecule has 0 heterocycles. The number of hydrogen-bond donors (Lipinski definition) is 0. The quantitative estimate of drug-likeness (QED) is 0.179. The third kappa shape index (κ3) is 6.55. The summed E-state index contributed by atoms with van der Waals surface area (Å²) < 4.78 is 41.6. The van der Waals surface area contributed by atoms with E-state index in [1.807, 2.05) is 18.2 Å². The van der Waals surface area contributed by atoms with E-state index in [1.54, 1.807) is 12.1 Å². The molecule has 0 N–H and O–H groups in total. The second-order valence-electron chi connectivity index (χ2n) is 8.98. The Balaban J connectivity index is 1.43. The first-order chi connectivity index (χ1) is 17.0. The lowest BCUT2D eigenvalue weighted by molar-refractivity contribution is 0.507. The second-order valence-corrected chi connectivity index (χ2v) is 8.98. The molecule has 0 radical (unpaired) electrons. The van der Waals surface area contributed by atoms with E-state index in [0.717, 1.165) is 29.0 Å². The summed E-state index contributed by atoms with van der Waals surface area (Å²) in [5, 5.41) is 1.32. The van der Waals surface area contributed by atoms with Gasteiger partial charge in [-0.1, -0.05) is 74.4 Å². The van der Waals surface area contributed by atoms with Crippen LogP contribution >= 0.6 is 0 Å². The molecule has 0 nitrogen and oxygen atoms in total. The van der Waals surface area contributed by atoms with Gasteiger partial charge >= 0.3 is 0 Å². The van der Waals surface area contributed by atoms with E-state index in [9.17, 15) is 8.78 Å². The summed E-state index contributed by atoms with van der Waals surface area (Å²) in [5.41, 5.74) is 4.32. The molecular formula is C32H29F3. The molecule has 35 heavy (non-hydrogen) atoms.